The number of carbonyl (C=O) groups is 2. The summed E-state index contributed by atoms with van der Waals surface area (Å²) in [6.45, 7) is 2.05. The minimum absolute atomic E-state index is 0.0914. The minimum Gasteiger partial charge on any atom is -0.353 e. The molecular formula is C18H27N3O2. The zero-order chi connectivity index (χ0) is 17.1. The van der Waals surface area contributed by atoms with Crippen LogP contribution in [0.1, 0.15) is 38.2 Å². The number of carbonyl (C=O) groups excluding carboxylic acids is 2. The number of benzene rings is 1. The molecule has 1 aliphatic carbocycles. The minimum atomic E-state index is -1.11. The Morgan fingerprint density at radius 3 is 2.30 bits per heavy atom. The molecule has 0 radical (unpaired) electrons. The van der Waals surface area contributed by atoms with Gasteiger partial charge < -0.3 is 16.0 Å². The molecule has 0 aromatic heterocycles. The number of rotatable bonds is 5. The first-order valence-electron chi connectivity index (χ1n) is 8.14. The third kappa shape index (κ3) is 3.55. The molecule has 5 heteroatoms. The lowest BCUT2D eigenvalue weighted by molar-refractivity contribution is -0.139. The molecule has 1 fully saturated rings. The summed E-state index contributed by atoms with van der Waals surface area (Å²) in [5, 5.41) is 2.93. The van der Waals surface area contributed by atoms with E-state index < -0.39 is 11.0 Å². The van der Waals surface area contributed by atoms with Gasteiger partial charge in [0.2, 0.25) is 11.8 Å². The van der Waals surface area contributed by atoms with Gasteiger partial charge >= 0.3 is 0 Å². The van der Waals surface area contributed by atoms with Crippen LogP contribution < -0.4 is 11.1 Å². The normalized spacial score (nSPS) is 19.0. The number of nitrogens with zero attached hydrogens (tertiary/aromatic N) is 1. The Morgan fingerprint density at radius 2 is 1.78 bits per heavy atom. The van der Waals surface area contributed by atoms with Gasteiger partial charge in [-0.2, -0.15) is 0 Å². The molecule has 126 valence electrons. The lowest BCUT2D eigenvalue weighted by Gasteiger charge is -2.32. The third-order valence-corrected chi connectivity index (χ3v) is 4.85. The lowest BCUT2D eigenvalue weighted by atomic mass is 9.84. The molecule has 1 saturated carbocycles. The van der Waals surface area contributed by atoms with Gasteiger partial charge in [-0.1, -0.05) is 43.2 Å². The van der Waals surface area contributed by atoms with E-state index in [-0.39, 0.29) is 11.8 Å². The first kappa shape index (κ1) is 17.5. The molecule has 1 atom stereocenters. The standard InChI is InChI=1S/C18H27N3O2/c1-17(19,14-9-5-4-6-10-14)15(22)20-13-18(11-7-8-12-18)16(23)21(2)3/h4-6,9-10H,7-8,11-13,19H2,1-3H3,(H,20,22). The van der Waals surface area contributed by atoms with E-state index >= 15 is 0 Å². The van der Waals surface area contributed by atoms with Crippen molar-refractivity contribution in [1.29, 1.82) is 0 Å². The second-order valence-corrected chi connectivity index (χ2v) is 6.94. The van der Waals surface area contributed by atoms with Crippen LogP contribution in [0.15, 0.2) is 30.3 Å². The molecule has 0 spiro atoms. The highest BCUT2D eigenvalue weighted by Gasteiger charge is 2.43. The molecule has 0 saturated heterocycles. The van der Waals surface area contributed by atoms with Gasteiger partial charge in [-0.25, -0.2) is 0 Å². The Labute approximate surface area is 138 Å². The van der Waals surface area contributed by atoms with Gasteiger partial charge in [0.25, 0.3) is 0 Å². The van der Waals surface area contributed by atoms with Crippen molar-refractivity contribution in [2.24, 2.45) is 11.1 Å². The molecule has 2 amide bonds. The van der Waals surface area contributed by atoms with Crippen LogP contribution in [0.4, 0.5) is 0 Å². The smallest absolute Gasteiger partial charge is 0.244 e. The van der Waals surface area contributed by atoms with E-state index in [2.05, 4.69) is 5.32 Å². The first-order chi connectivity index (χ1) is 10.8. The van der Waals surface area contributed by atoms with Gasteiger partial charge in [-0.15, -0.1) is 0 Å². The first-order valence-corrected chi connectivity index (χ1v) is 8.14. The van der Waals surface area contributed by atoms with Gasteiger partial charge in [0, 0.05) is 20.6 Å². The highest BCUT2D eigenvalue weighted by Crippen LogP contribution is 2.39. The number of hydrogen-bond donors (Lipinski definition) is 2. The van der Waals surface area contributed by atoms with Crippen LogP contribution in [0, 0.1) is 5.41 Å². The van der Waals surface area contributed by atoms with Crippen LogP contribution in [-0.2, 0) is 15.1 Å². The molecule has 3 N–H and O–H groups in total. The largest absolute Gasteiger partial charge is 0.353 e. The Kier molecular flexibility index (Phi) is 5.09. The molecular weight excluding hydrogens is 290 g/mol. The van der Waals surface area contributed by atoms with E-state index in [4.69, 9.17) is 5.73 Å². The molecule has 2 rings (SSSR count). The van der Waals surface area contributed by atoms with Gasteiger partial charge in [0.1, 0.15) is 5.54 Å². The fourth-order valence-electron chi connectivity index (χ4n) is 3.34. The molecule has 0 heterocycles. The highest BCUT2D eigenvalue weighted by molar-refractivity contribution is 5.88. The number of nitrogens with one attached hydrogen (secondary N) is 1. The van der Waals surface area contributed by atoms with Crippen molar-refractivity contribution in [3.8, 4) is 0 Å². The molecule has 1 aliphatic rings. The number of hydrogen-bond acceptors (Lipinski definition) is 3. The zero-order valence-electron chi connectivity index (χ0n) is 14.3. The quantitative estimate of drug-likeness (QED) is 0.866. The topological polar surface area (TPSA) is 75.4 Å². The molecule has 1 unspecified atom stereocenters. The summed E-state index contributed by atoms with van der Waals surface area (Å²) in [7, 11) is 3.53. The van der Waals surface area contributed by atoms with E-state index in [1.54, 1.807) is 25.9 Å². The Balaban J connectivity index is 2.09. The fourth-order valence-corrected chi connectivity index (χ4v) is 3.34. The third-order valence-electron chi connectivity index (χ3n) is 4.85. The average molecular weight is 317 g/mol. The molecule has 1 aromatic carbocycles. The van der Waals surface area contributed by atoms with Crippen LogP contribution >= 0.6 is 0 Å². The molecule has 5 nitrogen and oxygen atoms in total. The van der Waals surface area contributed by atoms with Crippen LogP contribution in [0.2, 0.25) is 0 Å². The summed E-state index contributed by atoms with van der Waals surface area (Å²) in [5.74, 6) is -0.157. The number of amides is 2. The number of nitrogens with two attached hydrogens (primary N) is 1. The Morgan fingerprint density at radius 1 is 1.22 bits per heavy atom. The van der Waals surface area contributed by atoms with Crippen molar-refractivity contribution in [3.63, 3.8) is 0 Å². The van der Waals surface area contributed by atoms with E-state index in [0.717, 1.165) is 31.2 Å². The van der Waals surface area contributed by atoms with Crippen molar-refractivity contribution in [2.75, 3.05) is 20.6 Å². The Hall–Kier alpha value is -1.88. The van der Waals surface area contributed by atoms with Crippen LogP contribution in [0.3, 0.4) is 0 Å². The van der Waals surface area contributed by atoms with Crippen molar-refractivity contribution < 1.29 is 9.59 Å². The molecule has 1 aromatic rings. The summed E-state index contributed by atoms with van der Waals surface area (Å²) in [4.78, 5) is 26.8. The predicted molar refractivity (Wildman–Crippen MR) is 90.6 cm³/mol. The monoisotopic (exact) mass is 317 g/mol. The maximum atomic E-state index is 12.6. The van der Waals surface area contributed by atoms with Gasteiger partial charge in [0.15, 0.2) is 0 Å². The van der Waals surface area contributed by atoms with Crippen molar-refractivity contribution in [2.45, 2.75) is 38.1 Å². The van der Waals surface area contributed by atoms with Crippen LogP contribution in [-0.4, -0.2) is 37.4 Å². The highest BCUT2D eigenvalue weighted by atomic mass is 16.2. The van der Waals surface area contributed by atoms with E-state index in [9.17, 15) is 9.59 Å². The van der Waals surface area contributed by atoms with Gasteiger partial charge in [-0.05, 0) is 25.3 Å². The van der Waals surface area contributed by atoms with Crippen LogP contribution in [0.25, 0.3) is 0 Å². The summed E-state index contributed by atoms with van der Waals surface area (Å²) in [6, 6.07) is 9.30. The second kappa shape index (κ2) is 6.71. The van der Waals surface area contributed by atoms with Crippen molar-refractivity contribution in [3.05, 3.63) is 35.9 Å². The zero-order valence-corrected chi connectivity index (χ0v) is 14.3. The Bertz CT molecular complexity index is 561. The second-order valence-electron chi connectivity index (χ2n) is 6.94. The molecule has 0 aliphatic heterocycles. The lowest BCUT2D eigenvalue weighted by Crippen LogP contribution is -2.53. The predicted octanol–water partition coefficient (Wildman–Crippen LogP) is 1.63. The molecule has 23 heavy (non-hydrogen) atoms. The summed E-state index contributed by atoms with van der Waals surface area (Å²) in [6.07, 6.45) is 3.68. The van der Waals surface area contributed by atoms with Crippen molar-refractivity contribution >= 4 is 11.8 Å². The van der Waals surface area contributed by atoms with Gasteiger partial charge in [-0.3, -0.25) is 9.59 Å². The maximum absolute atomic E-state index is 12.6. The summed E-state index contributed by atoms with van der Waals surface area (Å²) < 4.78 is 0. The van der Waals surface area contributed by atoms with Gasteiger partial charge in [0.05, 0.1) is 5.41 Å². The summed E-state index contributed by atoms with van der Waals surface area (Å²) in [5.41, 5.74) is 5.41. The fraction of sp³-hybridized carbons (Fsp3) is 0.556. The summed E-state index contributed by atoms with van der Waals surface area (Å²) >= 11 is 0. The molecule has 0 bridgehead atoms. The van der Waals surface area contributed by atoms with E-state index in [1.807, 2.05) is 30.3 Å². The maximum Gasteiger partial charge on any atom is 0.244 e. The SMILES string of the molecule is CN(C)C(=O)C1(CNC(=O)C(C)(N)c2ccccc2)CCCC1. The van der Waals surface area contributed by atoms with E-state index in [0.29, 0.717) is 6.54 Å². The average Bonchev–Trinajstić information content (AvgIpc) is 3.02. The van der Waals surface area contributed by atoms with Crippen molar-refractivity contribution in [1.82, 2.24) is 10.2 Å². The van der Waals surface area contributed by atoms with Crippen LogP contribution in [0.5, 0.6) is 0 Å². The van der Waals surface area contributed by atoms with E-state index in [1.165, 1.54) is 0 Å².